The monoisotopic (exact) mass is 331 g/mol. The van der Waals surface area contributed by atoms with Crippen molar-refractivity contribution in [2.45, 2.75) is 26.5 Å². The zero-order chi connectivity index (χ0) is 16.2. The van der Waals surface area contributed by atoms with Gasteiger partial charge < -0.3 is 15.0 Å². The zero-order valence-electron chi connectivity index (χ0n) is 13.4. The predicted octanol–water partition coefficient (Wildman–Crippen LogP) is 3.05. The van der Waals surface area contributed by atoms with Crippen molar-refractivity contribution >= 4 is 17.4 Å². The van der Waals surface area contributed by atoms with E-state index in [1.54, 1.807) is 11.3 Å². The molecule has 1 aromatic carbocycles. The van der Waals surface area contributed by atoms with Gasteiger partial charge in [0.1, 0.15) is 5.01 Å². The molecular formula is C17H21N3O2S. The lowest BCUT2D eigenvalue weighted by Crippen LogP contribution is -2.48. The summed E-state index contributed by atoms with van der Waals surface area (Å²) in [6, 6.07) is 10.1. The van der Waals surface area contributed by atoms with Gasteiger partial charge in [0.05, 0.1) is 24.9 Å². The third-order valence-corrected chi connectivity index (χ3v) is 5.05. The molecule has 1 aromatic heterocycles. The van der Waals surface area contributed by atoms with Crippen molar-refractivity contribution in [3.05, 3.63) is 40.9 Å². The lowest BCUT2D eigenvalue weighted by molar-refractivity contribution is -0.00351. The van der Waals surface area contributed by atoms with Gasteiger partial charge in [-0.25, -0.2) is 9.78 Å². The third-order valence-electron chi connectivity index (χ3n) is 3.84. The van der Waals surface area contributed by atoms with Crippen LogP contribution < -0.4 is 5.32 Å². The number of amides is 2. The number of aryl methyl sites for hydroxylation is 1. The highest BCUT2D eigenvalue weighted by Crippen LogP contribution is 2.27. The average molecular weight is 331 g/mol. The fraction of sp³-hybridized carbons (Fsp3) is 0.412. The van der Waals surface area contributed by atoms with Gasteiger partial charge in [-0.2, -0.15) is 0 Å². The molecule has 1 fully saturated rings. The smallest absolute Gasteiger partial charge is 0.317 e. The molecule has 6 heteroatoms. The van der Waals surface area contributed by atoms with Crippen molar-refractivity contribution in [3.8, 4) is 10.6 Å². The highest BCUT2D eigenvalue weighted by Gasteiger charge is 2.21. The summed E-state index contributed by atoms with van der Waals surface area (Å²) in [5.41, 5.74) is 2.09. The first kappa shape index (κ1) is 16.0. The molecule has 2 aromatic rings. The van der Waals surface area contributed by atoms with E-state index in [9.17, 15) is 4.79 Å². The second kappa shape index (κ2) is 7.10. The Labute approximate surface area is 140 Å². The van der Waals surface area contributed by atoms with Crippen LogP contribution >= 0.6 is 11.3 Å². The second-order valence-corrected chi connectivity index (χ2v) is 6.76. The zero-order valence-corrected chi connectivity index (χ0v) is 14.2. The summed E-state index contributed by atoms with van der Waals surface area (Å²) in [7, 11) is 0. The Bertz CT molecular complexity index is 672. The van der Waals surface area contributed by atoms with Gasteiger partial charge in [-0.15, -0.1) is 11.3 Å². The first-order chi connectivity index (χ1) is 11.1. The number of rotatable bonds is 3. The van der Waals surface area contributed by atoms with E-state index in [0.29, 0.717) is 26.2 Å². The fourth-order valence-electron chi connectivity index (χ4n) is 2.57. The van der Waals surface area contributed by atoms with Crippen molar-refractivity contribution in [2.75, 3.05) is 19.7 Å². The first-order valence-electron chi connectivity index (χ1n) is 7.79. The maximum atomic E-state index is 12.2. The van der Waals surface area contributed by atoms with Crippen molar-refractivity contribution < 1.29 is 9.53 Å². The van der Waals surface area contributed by atoms with Gasteiger partial charge in [-0.3, -0.25) is 0 Å². The Morgan fingerprint density at radius 1 is 1.43 bits per heavy atom. The molecule has 0 radical (unpaired) electrons. The number of ether oxygens (including phenoxy) is 1. The average Bonchev–Trinajstić information content (AvgIpc) is 2.94. The van der Waals surface area contributed by atoms with Crippen LogP contribution in [-0.2, 0) is 11.3 Å². The number of carbonyl (C=O) groups excluding carboxylic acids is 1. The molecule has 0 aliphatic carbocycles. The van der Waals surface area contributed by atoms with Crippen molar-refractivity contribution in [2.24, 2.45) is 0 Å². The van der Waals surface area contributed by atoms with Crippen LogP contribution in [0.25, 0.3) is 10.6 Å². The number of urea groups is 1. The molecule has 1 N–H and O–H groups in total. The van der Waals surface area contributed by atoms with Crippen molar-refractivity contribution in [1.29, 1.82) is 0 Å². The summed E-state index contributed by atoms with van der Waals surface area (Å²) in [5.74, 6) is 0. The molecule has 0 saturated carbocycles. The van der Waals surface area contributed by atoms with Crippen LogP contribution in [0.1, 0.15) is 17.5 Å². The standard InChI is InChI=1S/C17H21N3O2S/c1-12-11-20(8-9-22-12)17(21)18-10-15-13(2)19-16(23-15)14-6-4-3-5-7-14/h3-7,12H,8-11H2,1-2H3,(H,18,21). The number of nitrogens with zero attached hydrogens (tertiary/aromatic N) is 2. The van der Waals surface area contributed by atoms with E-state index in [2.05, 4.69) is 22.4 Å². The van der Waals surface area contributed by atoms with Gasteiger partial charge in [0.15, 0.2) is 0 Å². The van der Waals surface area contributed by atoms with Crippen molar-refractivity contribution in [3.63, 3.8) is 0 Å². The highest BCUT2D eigenvalue weighted by atomic mass is 32.1. The quantitative estimate of drug-likeness (QED) is 0.940. The highest BCUT2D eigenvalue weighted by molar-refractivity contribution is 7.15. The molecule has 0 bridgehead atoms. The molecular weight excluding hydrogens is 310 g/mol. The Morgan fingerprint density at radius 2 is 2.22 bits per heavy atom. The molecule has 122 valence electrons. The van der Waals surface area contributed by atoms with E-state index in [1.807, 2.05) is 36.9 Å². The van der Waals surface area contributed by atoms with Crippen molar-refractivity contribution in [1.82, 2.24) is 15.2 Å². The van der Waals surface area contributed by atoms with Crippen LogP contribution in [0, 0.1) is 6.92 Å². The minimum atomic E-state index is -0.0331. The van der Waals surface area contributed by atoms with Gasteiger partial charge in [0.2, 0.25) is 0 Å². The molecule has 3 rings (SSSR count). The topological polar surface area (TPSA) is 54.5 Å². The lowest BCUT2D eigenvalue weighted by Gasteiger charge is -2.31. The van der Waals surface area contributed by atoms with Crippen LogP contribution in [0.3, 0.4) is 0 Å². The van der Waals surface area contributed by atoms with E-state index >= 15 is 0 Å². The Morgan fingerprint density at radius 3 is 2.96 bits per heavy atom. The lowest BCUT2D eigenvalue weighted by atomic mass is 10.2. The maximum absolute atomic E-state index is 12.2. The summed E-state index contributed by atoms with van der Waals surface area (Å²) < 4.78 is 5.46. The van der Waals surface area contributed by atoms with Gasteiger partial charge in [-0.1, -0.05) is 30.3 Å². The summed E-state index contributed by atoms with van der Waals surface area (Å²) >= 11 is 1.63. The first-order valence-corrected chi connectivity index (χ1v) is 8.61. The molecule has 1 aliphatic heterocycles. The summed E-state index contributed by atoms with van der Waals surface area (Å²) in [4.78, 5) is 19.8. The number of nitrogens with one attached hydrogen (secondary N) is 1. The molecule has 2 amide bonds. The minimum Gasteiger partial charge on any atom is -0.375 e. The fourth-order valence-corrected chi connectivity index (χ4v) is 3.57. The van der Waals surface area contributed by atoms with E-state index in [0.717, 1.165) is 21.1 Å². The molecule has 1 aliphatic rings. The number of thiazole rings is 1. The van der Waals surface area contributed by atoms with E-state index in [-0.39, 0.29) is 12.1 Å². The Hall–Kier alpha value is -1.92. The summed E-state index contributed by atoms with van der Waals surface area (Å²) in [5, 5.41) is 3.99. The van der Waals surface area contributed by atoms with Crippen LogP contribution in [0.15, 0.2) is 30.3 Å². The molecule has 0 spiro atoms. The van der Waals surface area contributed by atoms with Crippen LogP contribution in [-0.4, -0.2) is 41.7 Å². The molecule has 1 saturated heterocycles. The normalized spacial score (nSPS) is 18.0. The second-order valence-electron chi connectivity index (χ2n) is 5.68. The number of benzene rings is 1. The van der Waals surface area contributed by atoms with Gasteiger partial charge >= 0.3 is 6.03 Å². The SMILES string of the molecule is Cc1nc(-c2ccccc2)sc1CNC(=O)N1CCOC(C)C1. The van der Waals surface area contributed by atoms with Crippen LogP contribution in [0.5, 0.6) is 0 Å². The van der Waals surface area contributed by atoms with Gasteiger partial charge in [0.25, 0.3) is 0 Å². The van der Waals surface area contributed by atoms with E-state index in [1.165, 1.54) is 0 Å². The largest absolute Gasteiger partial charge is 0.375 e. The van der Waals surface area contributed by atoms with Gasteiger partial charge in [-0.05, 0) is 13.8 Å². The van der Waals surface area contributed by atoms with Crippen LogP contribution in [0.4, 0.5) is 4.79 Å². The van der Waals surface area contributed by atoms with Crippen LogP contribution in [0.2, 0.25) is 0 Å². The third kappa shape index (κ3) is 3.89. The predicted molar refractivity (Wildman–Crippen MR) is 91.5 cm³/mol. The summed E-state index contributed by atoms with van der Waals surface area (Å²) in [6.07, 6.45) is 0.101. The Kier molecular flexibility index (Phi) is 4.93. The number of carbonyl (C=O) groups is 1. The maximum Gasteiger partial charge on any atom is 0.317 e. The molecule has 1 atom stereocenters. The molecule has 23 heavy (non-hydrogen) atoms. The number of morpholine rings is 1. The molecule has 5 nitrogen and oxygen atoms in total. The van der Waals surface area contributed by atoms with Gasteiger partial charge in [0, 0.05) is 23.5 Å². The molecule has 1 unspecified atom stereocenters. The number of hydrogen-bond donors (Lipinski definition) is 1. The minimum absolute atomic E-state index is 0.0331. The number of aromatic nitrogens is 1. The molecule has 2 heterocycles. The van der Waals surface area contributed by atoms with E-state index < -0.39 is 0 Å². The Balaban J connectivity index is 1.62. The summed E-state index contributed by atoms with van der Waals surface area (Å²) in [6.45, 7) is 6.38. The van der Waals surface area contributed by atoms with E-state index in [4.69, 9.17) is 4.74 Å². The number of hydrogen-bond acceptors (Lipinski definition) is 4.